The number of benzene rings is 2. The average molecular weight is 443 g/mol. The fourth-order valence-corrected chi connectivity index (χ4v) is 4.31. The SMILES string of the molecule is CC(=O)c1c(C)oc2c(Br)cc(NS(=O)(=O)c3ccc(Cl)cc3)cc12. The van der Waals surface area contributed by atoms with Gasteiger partial charge in [-0.1, -0.05) is 11.6 Å². The highest BCUT2D eigenvalue weighted by Gasteiger charge is 2.20. The summed E-state index contributed by atoms with van der Waals surface area (Å²) in [5, 5.41) is 0.997. The Balaban J connectivity index is 2.09. The van der Waals surface area contributed by atoms with Gasteiger partial charge in [-0.3, -0.25) is 9.52 Å². The van der Waals surface area contributed by atoms with E-state index in [9.17, 15) is 13.2 Å². The first kappa shape index (κ1) is 18.0. The Bertz CT molecular complexity index is 1090. The lowest BCUT2D eigenvalue weighted by Gasteiger charge is -2.09. The molecule has 8 heteroatoms. The number of sulfonamides is 1. The zero-order chi connectivity index (χ0) is 18.4. The van der Waals surface area contributed by atoms with Crippen molar-refractivity contribution in [3.05, 3.63) is 57.2 Å². The van der Waals surface area contributed by atoms with Crippen LogP contribution in [0.15, 0.2) is 50.2 Å². The van der Waals surface area contributed by atoms with Gasteiger partial charge >= 0.3 is 0 Å². The Hall–Kier alpha value is -1.83. The van der Waals surface area contributed by atoms with Crippen LogP contribution in [-0.4, -0.2) is 14.2 Å². The molecule has 5 nitrogen and oxygen atoms in total. The normalized spacial score (nSPS) is 11.7. The summed E-state index contributed by atoms with van der Waals surface area (Å²) in [4.78, 5) is 12.0. The Kier molecular flexibility index (Phi) is 4.66. The van der Waals surface area contributed by atoms with Crippen LogP contribution in [0.5, 0.6) is 0 Å². The van der Waals surface area contributed by atoms with Crippen LogP contribution in [0.3, 0.4) is 0 Å². The lowest BCUT2D eigenvalue weighted by molar-refractivity contribution is 0.101. The van der Waals surface area contributed by atoms with E-state index in [1.807, 2.05) is 0 Å². The molecule has 0 spiro atoms. The molecule has 2 aromatic carbocycles. The van der Waals surface area contributed by atoms with Crippen molar-refractivity contribution in [2.24, 2.45) is 0 Å². The van der Waals surface area contributed by atoms with Gasteiger partial charge in [0.15, 0.2) is 5.78 Å². The third kappa shape index (κ3) is 3.44. The molecule has 0 fully saturated rings. The van der Waals surface area contributed by atoms with Gasteiger partial charge in [0.2, 0.25) is 0 Å². The number of anilines is 1. The van der Waals surface area contributed by atoms with E-state index in [4.69, 9.17) is 16.0 Å². The number of hydrogen-bond donors (Lipinski definition) is 1. The summed E-state index contributed by atoms with van der Waals surface area (Å²) in [6, 6.07) is 9.01. The molecule has 0 bridgehead atoms. The number of Topliss-reactive ketones (excluding diaryl/α,β-unsaturated/α-hetero) is 1. The predicted molar refractivity (Wildman–Crippen MR) is 101 cm³/mol. The first-order valence-corrected chi connectivity index (χ1v) is 9.86. The van der Waals surface area contributed by atoms with Gasteiger partial charge in [0.1, 0.15) is 11.3 Å². The lowest BCUT2D eigenvalue weighted by atomic mass is 10.1. The summed E-state index contributed by atoms with van der Waals surface area (Å²) in [7, 11) is -3.79. The van der Waals surface area contributed by atoms with Crippen molar-refractivity contribution >= 4 is 60.0 Å². The average Bonchev–Trinajstić information content (AvgIpc) is 2.84. The highest BCUT2D eigenvalue weighted by atomic mass is 79.9. The second-order valence-corrected chi connectivity index (χ2v) is 8.46. The van der Waals surface area contributed by atoms with Crippen LogP contribution in [0.4, 0.5) is 5.69 Å². The van der Waals surface area contributed by atoms with Crippen LogP contribution >= 0.6 is 27.5 Å². The number of furan rings is 1. The highest BCUT2D eigenvalue weighted by molar-refractivity contribution is 9.10. The van der Waals surface area contributed by atoms with E-state index in [0.29, 0.717) is 37.5 Å². The van der Waals surface area contributed by atoms with Crippen molar-refractivity contribution < 1.29 is 17.6 Å². The van der Waals surface area contributed by atoms with Crippen molar-refractivity contribution in [1.82, 2.24) is 0 Å². The van der Waals surface area contributed by atoms with E-state index in [0.717, 1.165) is 0 Å². The van der Waals surface area contributed by atoms with Crippen molar-refractivity contribution in [2.45, 2.75) is 18.7 Å². The number of fused-ring (bicyclic) bond motifs is 1. The van der Waals surface area contributed by atoms with Crippen molar-refractivity contribution in [1.29, 1.82) is 0 Å². The fourth-order valence-electron chi connectivity index (χ4n) is 2.60. The molecule has 3 rings (SSSR count). The molecule has 0 saturated heterocycles. The molecule has 0 unspecified atom stereocenters. The number of rotatable bonds is 4. The maximum absolute atomic E-state index is 12.5. The molecule has 3 aromatic rings. The van der Waals surface area contributed by atoms with Crippen molar-refractivity contribution in [3.8, 4) is 0 Å². The molecule has 1 N–H and O–H groups in total. The molecular formula is C17H13BrClNO4S. The molecule has 1 aromatic heterocycles. The second kappa shape index (κ2) is 6.48. The van der Waals surface area contributed by atoms with Gasteiger partial charge in [0.05, 0.1) is 20.6 Å². The van der Waals surface area contributed by atoms with Crippen LogP contribution in [0.2, 0.25) is 5.02 Å². The summed E-state index contributed by atoms with van der Waals surface area (Å²) in [5.74, 6) is 0.335. The van der Waals surface area contributed by atoms with Gasteiger partial charge < -0.3 is 4.42 Å². The molecule has 0 amide bonds. The Labute approximate surface area is 158 Å². The smallest absolute Gasteiger partial charge is 0.261 e. The summed E-state index contributed by atoms with van der Waals surface area (Å²) < 4.78 is 33.7. The summed E-state index contributed by atoms with van der Waals surface area (Å²) >= 11 is 9.15. The molecule has 0 atom stereocenters. The topological polar surface area (TPSA) is 76.4 Å². The zero-order valence-electron chi connectivity index (χ0n) is 13.3. The molecule has 0 aliphatic rings. The van der Waals surface area contributed by atoms with E-state index in [1.54, 1.807) is 19.1 Å². The minimum atomic E-state index is -3.79. The Morgan fingerprint density at radius 1 is 1.20 bits per heavy atom. The first-order valence-electron chi connectivity index (χ1n) is 7.21. The number of carbonyl (C=O) groups is 1. The predicted octanol–water partition coefficient (Wildman–Crippen LogP) is 5.16. The van der Waals surface area contributed by atoms with E-state index in [1.165, 1.54) is 31.2 Å². The molecule has 130 valence electrons. The van der Waals surface area contributed by atoms with Crippen LogP contribution in [-0.2, 0) is 10.0 Å². The number of hydrogen-bond acceptors (Lipinski definition) is 4. The van der Waals surface area contributed by atoms with Crippen molar-refractivity contribution in [3.63, 3.8) is 0 Å². The van der Waals surface area contributed by atoms with Gasteiger partial charge in [0.25, 0.3) is 10.0 Å². The maximum atomic E-state index is 12.5. The van der Waals surface area contributed by atoms with E-state index < -0.39 is 10.0 Å². The molecular weight excluding hydrogens is 430 g/mol. The molecule has 25 heavy (non-hydrogen) atoms. The summed E-state index contributed by atoms with van der Waals surface area (Å²) in [6.07, 6.45) is 0. The minimum Gasteiger partial charge on any atom is -0.459 e. The molecule has 0 radical (unpaired) electrons. The Morgan fingerprint density at radius 2 is 1.84 bits per heavy atom. The number of nitrogens with one attached hydrogen (secondary N) is 1. The monoisotopic (exact) mass is 441 g/mol. The number of carbonyl (C=O) groups excluding carboxylic acids is 1. The summed E-state index contributed by atoms with van der Waals surface area (Å²) in [5.41, 5.74) is 1.25. The van der Waals surface area contributed by atoms with Crippen LogP contribution in [0, 0.1) is 6.92 Å². The fraction of sp³-hybridized carbons (Fsp3) is 0.118. The molecule has 1 heterocycles. The quantitative estimate of drug-likeness (QED) is 0.566. The van der Waals surface area contributed by atoms with Gasteiger partial charge in [-0.25, -0.2) is 8.42 Å². The van der Waals surface area contributed by atoms with E-state index in [-0.39, 0.29) is 10.7 Å². The van der Waals surface area contributed by atoms with Crippen LogP contribution in [0.1, 0.15) is 23.0 Å². The zero-order valence-corrected chi connectivity index (χ0v) is 16.4. The minimum absolute atomic E-state index is 0.0864. The largest absolute Gasteiger partial charge is 0.459 e. The van der Waals surface area contributed by atoms with Gasteiger partial charge in [-0.05, 0) is 66.2 Å². The van der Waals surface area contributed by atoms with Crippen LogP contribution < -0.4 is 4.72 Å². The molecule has 0 aliphatic carbocycles. The highest BCUT2D eigenvalue weighted by Crippen LogP contribution is 2.35. The van der Waals surface area contributed by atoms with Crippen molar-refractivity contribution in [2.75, 3.05) is 4.72 Å². The summed E-state index contributed by atoms with van der Waals surface area (Å²) in [6.45, 7) is 3.14. The number of aryl methyl sites for hydroxylation is 1. The first-order chi connectivity index (χ1) is 11.7. The number of halogens is 2. The standard InChI is InChI=1S/C17H13BrClNO4S/c1-9(21)16-10(2)24-17-14(16)7-12(8-15(17)18)20-25(22,23)13-5-3-11(19)4-6-13/h3-8,20H,1-2H3. The van der Waals surface area contributed by atoms with E-state index in [2.05, 4.69) is 20.7 Å². The van der Waals surface area contributed by atoms with Gasteiger partial charge in [-0.2, -0.15) is 0 Å². The third-order valence-electron chi connectivity index (χ3n) is 3.65. The maximum Gasteiger partial charge on any atom is 0.261 e. The third-order valence-corrected chi connectivity index (χ3v) is 5.89. The van der Waals surface area contributed by atoms with E-state index >= 15 is 0 Å². The van der Waals surface area contributed by atoms with Gasteiger partial charge in [0, 0.05) is 10.4 Å². The second-order valence-electron chi connectivity index (χ2n) is 5.48. The molecule has 0 saturated carbocycles. The lowest BCUT2D eigenvalue weighted by Crippen LogP contribution is -2.12. The molecule has 0 aliphatic heterocycles. The van der Waals surface area contributed by atoms with Gasteiger partial charge in [-0.15, -0.1) is 0 Å². The Morgan fingerprint density at radius 3 is 2.44 bits per heavy atom. The van der Waals surface area contributed by atoms with Crippen LogP contribution in [0.25, 0.3) is 11.0 Å². The number of ketones is 1.